The fourth-order valence-electron chi connectivity index (χ4n) is 3.53. The topological polar surface area (TPSA) is 36.1 Å². The molecule has 1 aliphatic carbocycles. The molecule has 0 saturated carbocycles. The molecule has 20 heavy (non-hydrogen) atoms. The highest BCUT2D eigenvalue weighted by molar-refractivity contribution is 6.04. The number of carbonyl (C=O) groups is 1. The number of nitrogens with one attached hydrogen (secondary N) is 1. The molecule has 102 valence electrons. The van der Waals surface area contributed by atoms with Crippen LogP contribution in [-0.2, 0) is 6.42 Å². The Bertz CT molecular complexity index is 739. The Hall–Kier alpha value is -1.87. The van der Waals surface area contributed by atoms with Crippen molar-refractivity contribution in [3.05, 3.63) is 46.7 Å². The molecule has 3 nitrogen and oxygen atoms in total. The number of aromatic nitrogens is 1. The smallest absolute Gasteiger partial charge is 0.183 e. The van der Waals surface area contributed by atoms with Crippen LogP contribution in [0.2, 0.25) is 0 Å². The van der Waals surface area contributed by atoms with Crippen molar-refractivity contribution >= 4 is 16.7 Å². The molecule has 1 aliphatic heterocycles. The lowest BCUT2D eigenvalue weighted by Crippen LogP contribution is -2.28. The van der Waals surface area contributed by atoms with Gasteiger partial charge in [-0.2, -0.15) is 0 Å². The third-order valence-electron chi connectivity index (χ3n) is 4.61. The highest BCUT2D eigenvalue weighted by Crippen LogP contribution is 2.33. The second-order valence-electron chi connectivity index (χ2n) is 6.00. The first-order valence-corrected chi connectivity index (χ1v) is 7.23. The van der Waals surface area contributed by atoms with Gasteiger partial charge >= 0.3 is 0 Å². The van der Waals surface area contributed by atoms with Crippen LogP contribution in [0.1, 0.15) is 28.9 Å². The molecular weight excluding hydrogens is 248 g/mol. The first kappa shape index (κ1) is 11.9. The van der Waals surface area contributed by atoms with Gasteiger partial charge in [-0.3, -0.25) is 4.79 Å². The average molecular weight is 266 g/mol. The Kier molecular flexibility index (Phi) is 2.57. The second-order valence-corrected chi connectivity index (χ2v) is 6.00. The summed E-state index contributed by atoms with van der Waals surface area (Å²) in [6.07, 6.45) is 2.56. The first-order valence-electron chi connectivity index (χ1n) is 7.23. The third kappa shape index (κ3) is 1.74. The van der Waals surface area contributed by atoms with Crippen molar-refractivity contribution in [3.8, 4) is 0 Å². The molecule has 0 atom stereocenters. The van der Waals surface area contributed by atoms with E-state index in [0.29, 0.717) is 6.42 Å². The number of aromatic amines is 1. The van der Waals surface area contributed by atoms with Gasteiger partial charge in [0.15, 0.2) is 5.78 Å². The van der Waals surface area contributed by atoms with E-state index in [0.717, 1.165) is 37.1 Å². The predicted molar refractivity (Wildman–Crippen MR) is 80.1 cm³/mol. The van der Waals surface area contributed by atoms with Gasteiger partial charge in [0.05, 0.1) is 5.69 Å². The van der Waals surface area contributed by atoms with E-state index in [1.807, 2.05) is 12.1 Å². The van der Waals surface area contributed by atoms with Crippen LogP contribution < -0.4 is 0 Å². The highest BCUT2D eigenvalue weighted by Gasteiger charge is 2.27. The van der Waals surface area contributed by atoms with Crippen LogP contribution in [0.15, 0.2) is 35.4 Å². The van der Waals surface area contributed by atoms with Crippen molar-refractivity contribution in [2.45, 2.75) is 19.3 Å². The monoisotopic (exact) mass is 266 g/mol. The Morgan fingerprint density at radius 2 is 2.00 bits per heavy atom. The van der Waals surface area contributed by atoms with Crippen LogP contribution in [0.4, 0.5) is 0 Å². The van der Waals surface area contributed by atoms with Gasteiger partial charge in [-0.25, -0.2) is 0 Å². The lowest BCUT2D eigenvalue weighted by Gasteiger charge is -2.26. The molecule has 0 radical (unpaired) electrons. The van der Waals surface area contributed by atoms with Crippen LogP contribution in [-0.4, -0.2) is 35.8 Å². The maximum Gasteiger partial charge on any atom is 0.183 e. The molecule has 0 unspecified atom stereocenters. The first-order chi connectivity index (χ1) is 9.72. The molecule has 2 aromatic rings. The number of benzene rings is 1. The molecule has 2 aliphatic rings. The van der Waals surface area contributed by atoms with E-state index in [1.165, 1.54) is 22.1 Å². The number of nitrogens with zero attached hydrogens (tertiary/aromatic N) is 1. The van der Waals surface area contributed by atoms with Gasteiger partial charge in [0.25, 0.3) is 0 Å². The largest absolute Gasteiger partial charge is 0.352 e. The quantitative estimate of drug-likeness (QED) is 0.744. The van der Waals surface area contributed by atoms with Gasteiger partial charge in [-0.1, -0.05) is 29.3 Å². The molecule has 1 aromatic carbocycles. The molecule has 4 rings (SSSR count). The molecule has 3 heteroatoms. The number of likely N-dealkylation sites (N-methyl/N-ethyl adjacent to an activating group) is 1. The number of Topliss-reactive ketones (excluding diaryl/α,β-unsaturated/α-hetero) is 1. The van der Waals surface area contributed by atoms with Crippen LogP contribution in [0.5, 0.6) is 0 Å². The predicted octanol–water partition coefficient (Wildman–Crippen LogP) is 2.93. The Balaban J connectivity index is 1.89. The number of hydrogen-bond donors (Lipinski definition) is 1. The fraction of sp³-hybridized carbons (Fsp3) is 0.353. The molecule has 2 heterocycles. The third-order valence-corrected chi connectivity index (χ3v) is 4.61. The Morgan fingerprint density at radius 3 is 2.90 bits per heavy atom. The minimum absolute atomic E-state index is 0.255. The summed E-state index contributed by atoms with van der Waals surface area (Å²) in [5.74, 6) is 0.255. The Labute approximate surface area is 118 Å². The number of H-pyrrole nitrogens is 1. The van der Waals surface area contributed by atoms with Gasteiger partial charge < -0.3 is 9.88 Å². The molecule has 0 saturated heterocycles. The summed E-state index contributed by atoms with van der Waals surface area (Å²) in [7, 11) is 2.16. The molecule has 0 amide bonds. The average Bonchev–Trinajstić information content (AvgIpc) is 2.74. The molecular formula is C17H18N2O. The van der Waals surface area contributed by atoms with E-state index in [4.69, 9.17) is 0 Å². The van der Waals surface area contributed by atoms with Crippen LogP contribution in [0, 0.1) is 0 Å². The summed E-state index contributed by atoms with van der Waals surface area (Å²) in [4.78, 5) is 18.2. The Morgan fingerprint density at radius 1 is 1.15 bits per heavy atom. The zero-order valence-electron chi connectivity index (χ0n) is 11.7. The molecule has 0 fully saturated rings. The van der Waals surface area contributed by atoms with Crippen molar-refractivity contribution in [2.24, 2.45) is 0 Å². The summed E-state index contributed by atoms with van der Waals surface area (Å²) < 4.78 is 0. The highest BCUT2D eigenvalue weighted by atomic mass is 16.1. The summed E-state index contributed by atoms with van der Waals surface area (Å²) in [6, 6.07) is 8.24. The summed E-state index contributed by atoms with van der Waals surface area (Å²) in [5, 5.41) is 1.21. The van der Waals surface area contributed by atoms with E-state index in [-0.39, 0.29) is 5.78 Å². The van der Waals surface area contributed by atoms with E-state index in [2.05, 4.69) is 29.1 Å². The van der Waals surface area contributed by atoms with Gasteiger partial charge in [0.2, 0.25) is 0 Å². The summed E-state index contributed by atoms with van der Waals surface area (Å²) in [6.45, 7) is 2.07. The van der Waals surface area contributed by atoms with Gasteiger partial charge in [-0.15, -0.1) is 0 Å². The van der Waals surface area contributed by atoms with Gasteiger partial charge in [0.1, 0.15) is 0 Å². The van der Waals surface area contributed by atoms with Crippen molar-refractivity contribution in [1.29, 1.82) is 0 Å². The minimum Gasteiger partial charge on any atom is -0.352 e. The van der Waals surface area contributed by atoms with Crippen molar-refractivity contribution < 1.29 is 4.79 Å². The number of ketones is 1. The number of rotatable bonds is 0. The van der Waals surface area contributed by atoms with Crippen molar-refractivity contribution in [3.63, 3.8) is 0 Å². The van der Waals surface area contributed by atoms with Gasteiger partial charge in [-0.05, 0) is 31.5 Å². The molecule has 1 N–H and O–H groups in total. The lowest BCUT2D eigenvalue weighted by molar-refractivity contribution is 0.0987. The number of para-hydroxylation sites is 1. The number of hydrogen-bond acceptors (Lipinski definition) is 2. The minimum atomic E-state index is 0.255. The number of carbonyl (C=O) groups excluding carboxylic acids is 1. The molecule has 0 spiro atoms. The molecule has 0 bridgehead atoms. The standard InChI is InChI=1S/C17H18N2O/c1-19-7-6-11-9-16(20)17-14(8-12(11)10-19)13-4-2-3-5-15(13)18-17/h2-5,18H,6-10H2,1H3. The maximum absolute atomic E-state index is 12.5. The van der Waals surface area contributed by atoms with E-state index in [9.17, 15) is 4.79 Å². The zero-order valence-corrected chi connectivity index (χ0v) is 11.7. The second kappa shape index (κ2) is 4.32. The van der Waals surface area contributed by atoms with Crippen LogP contribution in [0.25, 0.3) is 10.9 Å². The van der Waals surface area contributed by atoms with Crippen LogP contribution >= 0.6 is 0 Å². The fourth-order valence-corrected chi connectivity index (χ4v) is 3.53. The zero-order chi connectivity index (χ0) is 13.7. The SMILES string of the molecule is CN1CCC2=C(Cc3c([nH]c4ccccc34)C(=O)C2)C1. The van der Waals surface area contributed by atoms with E-state index < -0.39 is 0 Å². The van der Waals surface area contributed by atoms with E-state index in [1.54, 1.807) is 0 Å². The van der Waals surface area contributed by atoms with Crippen molar-refractivity contribution in [2.75, 3.05) is 20.1 Å². The molecule has 1 aromatic heterocycles. The summed E-state index contributed by atoms with van der Waals surface area (Å²) in [5.41, 5.74) is 5.95. The summed E-state index contributed by atoms with van der Waals surface area (Å²) >= 11 is 0. The normalized spacial score (nSPS) is 19.9. The van der Waals surface area contributed by atoms with Gasteiger partial charge in [0, 0.05) is 30.4 Å². The maximum atomic E-state index is 12.5. The van der Waals surface area contributed by atoms with Crippen LogP contribution in [0.3, 0.4) is 0 Å². The lowest BCUT2D eigenvalue weighted by atomic mass is 9.94. The van der Waals surface area contributed by atoms with Crippen molar-refractivity contribution in [1.82, 2.24) is 9.88 Å². The van der Waals surface area contributed by atoms with E-state index >= 15 is 0 Å². The number of fused-ring (bicyclic) bond motifs is 3.